The molecule has 4 heteroatoms. The van der Waals surface area contributed by atoms with Crippen LogP contribution in [0.15, 0.2) is 132 Å². The topological polar surface area (TPSA) is 0 Å². The average Bonchev–Trinajstić information content (AvgIpc) is 3.70. The first-order valence-electron chi connectivity index (χ1n) is 18.0. The quantitative estimate of drug-likeness (QED) is 0.135. The minimum absolute atomic E-state index is 0.0898. The number of benzene rings is 6. The Morgan fingerprint density at radius 1 is 0.551 bits per heavy atom. The van der Waals surface area contributed by atoms with Crippen molar-refractivity contribution in [1.82, 2.24) is 0 Å². The molecule has 0 heterocycles. The summed E-state index contributed by atoms with van der Waals surface area (Å²) in [6.45, 7) is 9.37. The molecule has 245 valence electrons. The van der Waals surface area contributed by atoms with Gasteiger partial charge in [0.2, 0.25) is 0 Å². The Bertz CT molecular complexity index is 2330. The molecule has 0 bridgehead atoms. The van der Waals surface area contributed by atoms with E-state index in [0.717, 1.165) is 18.5 Å². The fourth-order valence-corrected chi connectivity index (χ4v) is 63.3. The summed E-state index contributed by atoms with van der Waals surface area (Å²) in [6, 6.07) is 47.0. The van der Waals surface area contributed by atoms with Gasteiger partial charge in [0.05, 0.1) is 0 Å². The van der Waals surface area contributed by atoms with Crippen LogP contribution in [0.5, 0.6) is 0 Å². The van der Waals surface area contributed by atoms with Crippen molar-refractivity contribution in [2.45, 2.75) is 53.5 Å². The predicted octanol–water partition coefficient (Wildman–Crippen LogP) is 14.1. The maximum atomic E-state index is 8.81. The normalized spacial score (nSPS) is 17.9. The minimum atomic E-state index is -4.88. The van der Waals surface area contributed by atoms with E-state index >= 15 is 0 Å². The van der Waals surface area contributed by atoms with Crippen molar-refractivity contribution in [2.75, 3.05) is 0 Å². The number of hydrogen-bond acceptors (Lipinski definition) is 0. The second-order valence-corrected chi connectivity index (χ2v) is 55.0. The Kier molecular flexibility index (Phi) is 8.56. The number of hydrogen-bond donors (Lipinski definition) is 0. The Labute approximate surface area is 300 Å². The van der Waals surface area contributed by atoms with E-state index in [-0.39, 0.29) is 7.25 Å². The molecular formula is C45H43Cl2SiZr. The van der Waals surface area contributed by atoms with Crippen molar-refractivity contribution in [2.24, 2.45) is 0 Å². The zero-order valence-electron chi connectivity index (χ0n) is 28.8. The van der Waals surface area contributed by atoms with Crippen molar-refractivity contribution < 1.29 is 15.6 Å². The Morgan fingerprint density at radius 2 is 1.04 bits per heavy atom. The second-order valence-electron chi connectivity index (χ2n) is 14.3. The summed E-state index contributed by atoms with van der Waals surface area (Å²) < 4.78 is 0.192. The molecule has 0 spiro atoms. The molecular weight excluding hydrogens is 731 g/mol. The summed E-state index contributed by atoms with van der Waals surface area (Å²) >= 11 is -4.88. The molecule has 0 fully saturated rings. The van der Waals surface area contributed by atoms with Gasteiger partial charge in [-0.05, 0) is 0 Å². The molecule has 2 unspecified atom stereocenters. The molecule has 49 heavy (non-hydrogen) atoms. The number of allylic oxidation sites excluding steroid dienone is 2. The van der Waals surface area contributed by atoms with E-state index in [1.54, 1.807) is 0 Å². The summed E-state index contributed by atoms with van der Waals surface area (Å²) in [4.78, 5) is 0. The SMILES string of the molecule is CCC1=Cc2c(-c3ccc4ccccc4c3)cccc2[CH]1[Zr]([Cl])([Cl])([CH]1C(C)=Cc2c(-c3ccc4ccccc4c3)cccc21)[SiH](CC)CC. The second kappa shape index (κ2) is 12.6. The standard InChI is InChI=1S/C21H17.C20H15.C4H11Si.2ClH.Zr/c1-2-15-12-18-8-5-9-20(21(18)13-15)19-11-10-16-6-3-4-7-17(16)14-19;1-14-11-17-7-4-8-19(20(17)12-14)18-10-9-15-5-2-3-6-16(15)13-18;1-3-5-4-2;;;/h3-14H,2H2,1H3;2-13H,1H3;5H,3-4H2,1-2H3;2*1H;/q;;;;;+2/p-2. The first-order chi connectivity index (χ1) is 23.8. The molecule has 0 radical (unpaired) electrons. The Hall–Kier alpha value is -3.00. The molecule has 0 saturated heterocycles. The first-order valence-corrected chi connectivity index (χ1v) is 33.6. The van der Waals surface area contributed by atoms with Gasteiger partial charge in [-0.2, -0.15) is 0 Å². The van der Waals surface area contributed by atoms with Crippen LogP contribution in [0, 0.1) is 0 Å². The van der Waals surface area contributed by atoms with Crippen LogP contribution in [0.1, 0.15) is 63.6 Å². The zero-order valence-corrected chi connectivity index (χ0v) is 33.9. The molecule has 8 rings (SSSR count). The van der Waals surface area contributed by atoms with Crippen LogP contribution < -0.4 is 0 Å². The van der Waals surface area contributed by atoms with Gasteiger partial charge < -0.3 is 0 Å². The van der Waals surface area contributed by atoms with E-state index < -0.39 is 21.5 Å². The van der Waals surface area contributed by atoms with Gasteiger partial charge in [0.1, 0.15) is 0 Å². The van der Waals surface area contributed by atoms with E-state index in [0.29, 0.717) is 0 Å². The van der Waals surface area contributed by atoms with Crippen LogP contribution in [0.3, 0.4) is 0 Å². The van der Waals surface area contributed by atoms with Crippen molar-refractivity contribution in [3.63, 3.8) is 0 Å². The molecule has 0 nitrogen and oxygen atoms in total. The van der Waals surface area contributed by atoms with Crippen LogP contribution in [0.2, 0.25) is 12.1 Å². The summed E-state index contributed by atoms with van der Waals surface area (Å²) in [6.07, 6.45) is 5.88. The predicted molar refractivity (Wildman–Crippen MR) is 216 cm³/mol. The van der Waals surface area contributed by atoms with Gasteiger partial charge >= 0.3 is 303 Å². The maximum absolute atomic E-state index is 8.81. The molecule has 0 saturated carbocycles. The van der Waals surface area contributed by atoms with Gasteiger partial charge in [-0.3, -0.25) is 0 Å². The molecule has 0 aliphatic heterocycles. The van der Waals surface area contributed by atoms with Crippen LogP contribution in [-0.2, 0) is 15.6 Å². The van der Waals surface area contributed by atoms with Gasteiger partial charge in [0.25, 0.3) is 0 Å². The van der Waals surface area contributed by atoms with Crippen LogP contribution in [0.25, 0.3) is 56.0 Å². The summed E-state index contributed by atoms with van der Waals surface area (Å²) in [5.74, 6) is -1.64. The number of rotatable bonds is 8. The third kappa shape index (κ3) is 5.16. The van der Waals surface area contributed by atoms with Crippen LogP contribution in [-0.4, -0.2) is 5.92 Å². The number of fused-ring (bicyclic) bond motifs is 4. The van der Waals surface area contributed by atoms with Crippen molar-refractivity contribution in [3.05, 3.63) is 155 Å². The Balaban J connectivity index is 1.32. The van der Waals surface area contributed by atoms with Crippen molar-refractivity contribution in [3.8, 4) is 22.3 Å². The molecule has 0 N–H and O–H groups in total. The Morgan fingerprint density at radius 3 is 1.55 bits per heavy atom. The number of halogens is 2. The van der Waals surface area contributed by atoms with Gasteiger partial charge in [0.15, 0.2) is 0 Å². The molecule has 2 aliphatic carbocycles. The summed E-state index contributed by atoms with van der Waals surface area (Å²) in [7, 11) is 17.6. The summed E-state index contributed by atoms with van der Waals surface area (Å²) in [5.41, 5.74) is 13.2. The third-order valence-corrected chi connectivity index (χ3v) is 61.9. The van der Waals surface area contributed by atoms with E-state index in [2.05, 4.69) is 161 Å². The molecule has 6 aromatic carbocycles. The first kappa shape index (κ1) is 33.2. The van der Waals surface area contributed by atoms with Crippen LogP contribution in [0.4, 0.5) is 0 Å². The average molecular weight is 774 g/mol. The van der Waals surface area contributed by atoms with Gasteiger partial charge in [-0.1, -0.05) is 0 Å². The van der Waals surface area contributed by atoms with Crippen molar-refractivity contribution >= 4 is 56.6 Å². The van der Waals surface area contributed by atoms with Crippen molar-refractivity contribution in [1.29, 1.82) is 0 Å². The molecule has 0 amide bonds. The van der Waals surface area contributed by atoms with E-state index in [9.17, 15) is 0 Å². The molecule has 2 atom stereocenters. The van der Waals surface area contributed by atoms with E-state index in [1.807, 2.05) is 0 Å². The summed E-state index contributed by atoms with van der Waals surface area (Å²) in [5, 5.41) is 5.06. The van der Waals surface area contributed by atoms with E-state index in [1.165, 1.54) is 77.2 Å². The van der Waals surface area contributed by atoms with Gasteiger partial charge in [-0.25, -0.2) is 0 Å². The van der Waals surface area contributed by atoms with Crippen LogP contribution >= 0.6 is 17.0 Å². The molecule has 2 aliphatic rings. The monoisotopic (exact) mass is 771 g/mol. The van der Waals surface area contributed by atoms with E-state index in [4.69, 9.17) is 17.0 Å². The fourth-order valence-electron chi connectivity index (χ4n) is 9.63. The fraction of sp³-hybridized carbons (Fsp3) is 0.200. The zero-order chi connectivity index (χ0) is 33.9. The van der Waals surface area contributed by atoms with Gasteiger partial charge in [-0.15, -0.1) is 0 Å². The van der Waals surface area contributed by atoms with Gasteiger partial charge in [0, 0.05) is 0 Å². The third-order valence-electron chi connectivity index (χ3n) is 11.8. The molecule has 0 aromatic heterocycles. The molecule has 6 aromatic rings.